The van der Waals surface area contributed by atoms with Gasteiger partial charge in [0.25, 0.3) is 0 Å². The summed E-state index contributed by atoms with van der Waals surface area (Å²) < 4.78 is 101. The summed E-state index contributed by atoms with van der Waals surface area (Å²) in [6.07, 6.45) is -17.4. The van der Waals surface area contributed by atoms with Gasteiger partial charge in [-0.25, -0.2) is 14.4 Å². The third-order valence-corrected chi connectivity index (χ3v) is 17.4. The number of primary amides is 3. The summed E-state index contributed by atoms with van der Waals surface area (Å²) in [5.74, 6) is -19.1. The second-order valence-corrected chi connectivity index (χ2v) is 26.9. The minimum atomic E-state index is -5.08. The predicted molar refractivity (Wildman–Crippen MR) is 416 cm³/mol. The number of nitrogens with zero attached hydrogens (tertiary/aromatic N) is 1. The first kappa shape index (κ1) is 103. The molecule has 1 heterocycles. The molecular weight excluding hydrogens is 1660 g/mol. The number of aliphatic carboxylic acids is 3. The van der Waals surface area contributed by atoms with Crippen LogP contribution in [0.3, 0.4) is 0 Å². The van der Waals surface area contributed by atoms with Crippen LogP contribution in [0, 0.1) is 10.8 Å². The number of amides is 11. The number of halogens is 9. The van der Waals surface area contributed by atoms with Gasteiger partial charge in [-0.3, -0.25) is 68.4 Å². The van der Waals surface area contributed by atoms with Gasteiger partial charge in [0, 0.05) is 56.4 Å². The van der Waals surface area contributed by atoms with Crippen molar-refractivity contribution < 1.29 is 137 Å². The molecule has 670 valence electrons. The normalized spacial score (nSPS) is 14.1. The van der Waals surface area contributed by atoms with Gasteiger partial charge in [-0.05, 0) is 97.9 Å². The molecule has 5 aromatic rings. The van der Waals surface area contributed by atoms with Gasteiger partial charge < -0.3 is 112 Å². The molecular formula is C76H93F9N18O20. The van der Waals surface area contributed by atoms with Gasteiger partial charge >= 0.3 is 36.4 Å². The van der Waals surface area contributed by atoms with Gasteiger partial charge in [0.15, 0.2) is 17.7 Å². The minimum Gasteiger partial charge on any atom is -0.508 e. The molecule has 9 atom stereocenters. The van der Waals surface area contributed by atoms with Crippen LogP contribution in [0.5, 0.6) is 11.5 Å². The van der Waals surface area contributed by atoms with E-state index >= 15 is 0 Å². The second-order valence-electron chi connectivity index (χ2n) is 26.9. The number of alkyl halides is 9. The Morgan fingerprint density at radius 2 is 0.821 bits per heavy atom. The van der Waals surface area contributed by atoms with Crippen LogP contribution in [0.4, 0.5) is 39.5 Å². The molecule has 1 aliphatic heterocycles. The summed E-state index contributed by atoms with van der Waals surface area (Å²) in [5, 5.41) is 69.8. The molecule has 27 N–H and O–H groups in total. The molecule has 38 nitrogen and oxygen atoms in total. The van der Waals surface area contributed by atoms with Crippen molar-refractivity contribution in [2.75, 3.05) is 26.7 Å². The number of hydrogen-bond acceptors (Lipinski definition) is 20. The molecule has 1 saturated heterocycles. The van der Waals surface area contributed by atoms with E-state index in [9.17, 15) is 102 Å². The average molecular weight is 1750 g/mol. The van der Waals surface area contributed by atoms with Crippen LogP contribution in [-0.4, -0.2) is 226 Å². The van der Waals surface area contributed by atoms with E-state index in [2.05, 4.69) is 47.9 Å². The van der Waals surface area contributed by atoms with E-state index in [1.807, 2.05) is 0 Å². The maximum atomic E-state index is 14.8. The number of aromatic hydroxyl groups is 1. The lowest BCUT2D eigenvalue weighted by Crippen LogP contribution is -2.61. The SMILES string of the molecule is COc1ccc(C[C@@H](NC(=O)C(N)Cc2ccc(C(=O)c3ccccc3)cc2)C(=O)N[C@@H](Cc2ccccc2)C(=O)N[C@@H](CCC(N)=O)C(=O)N[C@@H](CC(N)=O)C(=O)N[C@@H](CCCNC(=N)N)C(=O)N2CCC[C@H]2C(=O)N[C@@H](CCCNC(=N)N)C(=O)N[C@@H](Cc2ccc(O)cc2)C(N)=O)cc1.O=C(O)C(F)(F)F.O=C(O)C(F)(F)F.O=C(O)C(F)(F)F. The van der Waals surface area contributed by atoms with E-state index in [0.717, 1.165) is 0 Å². The fourth-order valence-corrected chi connectivity index (χ4v) is 11.2. The summed E-state index contributed by atoms with van der Waals surface area (Å²) in [4.78, 5) is 195. The van der Waals surface area contributed by atoms with Crippen LogP contribution in [0.25, 0.3) is 0 Å². The fraction of sp³-hybridized carbons (Fsp3) is 0.382. The number of hydrogen-bond donors (Lipinski definition) is 21. The van der Waals surface area contributed by atoms with Crippen LogP contribution < -0.4 is 87.0 Å². The van der Waals surface area contributed by atoms with E-state index in [-0.39, 0.29) is 101 Å². The number of guanidine groups is 2. The Kier molecular flexibility index (Phi) is 41.9. The van der Waals surface area contributed by atoms with Crippen molar-refractivity contribution in [3.8, 4) is 11.5 Å². The minimum absolute atomic E-state index is 0.00507. The average Bonchev–Trinajstić information content (AvgIpc) is 1.51. The number of carbonyl (C=O) groups is 15. The lowest BCUT2D eigenvalue weighted by atomic mass is 9.99. The number of carboxylic acid groups (broad SMARTS) is 3. The summed E-state index contributed by atoms with van der Waals surface area (Å²) in [5.41, 5.74) is 37.5. The highest BCUT2D eigenvalue weighted by Gasteiger charge is 2.43. The maximum Gasteiger partial charge on any atom is 0.490 e. The number of carboxylic acids is 3. The number of nitrogens with two attached hydrogens (primary N) is 6. The molecule has 123 heavy (non-hydrogen) atoms. The van der Waals surface area contributed by atoms with Crippen molar-refractivity contribution in [2.45, 2.75) is 156 Å². The molecule has 47 heteroatoms. The van der Waals surface area contributed by atoms with Gasteiger partial charge in [-0.1, -0.05) is 109 Å². The van der Waals surface area contributed by atoms with Gasteiger partial charge in [0.05, 0.1) is 19.6 Å². The molecule has 0 bridgehead atoms. The van der Waals surface area contributed by atoms with Gasteiger partial charge in [0.1, 0.15) is 59.8 Å². The van der Waals surface area contributed by atoms with Gasteiger partial charge in [-0.2, -0.15) is 39.5 Å². The smallest absolute Gasteiger partial charge is 0.490 e. The number of benzene rings is 5. The van der Waals surface area contributed by atoms with Crippen molar-refractivity contribution in [1.82, 2.24) is 52.8 Å². The van der Waals surface area contributed by atoms with Crippen molar-refractivity contribution >= 4 is 101 Å². The largest absolute Gasteiger partial charge is 0.508 e. The van der Waals surface area contributed by atoms with Crippen LogP contribution >= 0.6 is 0 Å². The molecule has 1 unspecified atom stereocenters. The molecule has 1 fully saturated rings. The zero-order valence-corrected chi connectivity index (χ0v) is 65.3. The lowest BCUT2D eigenvalue weighted by Gasteiger charge is -2.31. The predicted octanol–water partition coefficient (Wildman–Crippen LogP) is -0.333. The Labute approximate surface area is 694 Å². The standard InChI is InChI=1S/C70H90N18O14.3C2HF3O2/c1-102-47-28-22-43(23-29-47)38-53(85-61(94)48(71)35-41-18-24-45(25-19-41)59(92)44-13-6-3-7-14-44)65(98)86-54(37-40-11-4-2-5-12-40)64(97)81-50(30-31-57(72)90)63(96)87-55(39-58(73)91)66(99)83-51(16-9-33-80-70(77)78)68(101)88-34-10-17-56(88)67(100)82-49(15-8-32-79-69(75)76)62(95)84-52(60(74)93)36-42-20-26-46(89)27-21-42;3*3-2(4,5)1(6)7/h2-7,11-14,18-29,48-56,89H,8-10,15-17,30-39,71H2,1H3,(H2,72,90)(H2,73,91)(H2,74,93)(H,81,97)(H,82,100)(H,83,99)(H,84,95)(H,85,94)(H,86,98)(H,87,96)(H4,75,76,79)(H4,77,78,80);3*(H,6,7)/t48?,49-,50-,51-,52-,53+,54-,55-,56-;;;/m0.../s1. The molecule has 11 amide bonds. The number of ether oxygens (including phenoxy) is 1. The first-order valence-electron chi connectivity index (χ1n) is 36.8. The van der Waals surface area contributed by atoms with Crippen molar-refractivity contribution in [3.05, 3.63) is 167 Å². The van der Waals surface area contributed by atoms with E-state index in [4.69, 9.17) is 79.7 Å². The summed E-state index contributed by atoms with van der Waals surface area (Å²) in [6, 6.07) is 22.8. The monoisotopic (exact) mass is 1750 g/mol. The number of phenols is 1. The number of ketones is 1. The molecule has 0 aliphatic carbocycles. The Morgan fingerprint density at radius 3 is 1.27 bits per heavy atom. The first-order chi connectivity index (χ1) is 57.5. The van der Waals surface area contributed by atoms with E-state index < -0.39 is 181 Å². The molecule has 0 aromatic heterocycles. The Morgan fingerprint density at radius 1 is 0.455 bits per heavy atom. The highest BCUT2D eigenvalue weighted by Crippen LogP contribution is 2.23. The Bertz CT molecular complexity index is 4410. The van der Waals surface area contributed by atoms with Crippen LogP contribution in [-0.2, 0) is 92.8 Å². The first-order valence-corrected chi connectivity index (χ1v) is 36.8. The summed E-state index contributed by atoms with van der Waals surface area (Å²) in [7, 11) is 1.47. The van der Waals surface area contributed by atoms with Crippen LogP contribution in [0.2, 0.25) is 0 Å². The molecule has 0 radical (unpaired) electrons. The quantitative estimate of drug-likeness (QED) is 0.00785. The van der Waals surface area contributed by atoms with E-state index in [1.54, 1.807) is 109 Å². The number of methoxy groups -OCH3 is 1. The molecule has 0 saturated carbocycles. The Hall–Kier alpha value is -14.2. The zero-order valence-electron chi connectivity index (χ0n) is 65.3. The van der Waals surface area contributed by atoms with Gasteiger partial charge in [0.2, 0.25) is 65.0 Å². The third-order valence-electron chi connectivity index (χ3n) is 17.4. The number of phenolic OH excluding ortho intramolecular Hbond substituents is 1. The third kappa shape index (κ3) is 38.6. The Balaban J connectivity index is 0.00000164. The highest BCUT2D eigenvalue weighted by molar-refractivity contribution is 6.09. The molecule has 1 aliphatic rings. The number of nitrogens with one attached hydrogen (secondary N) is 11. The topological polar surface area (TPSA) is 662 Å². The number of rotatable bonds is 40. The van der Waals surface area contributed by atoms with E-state index in [0.29, 0.717) is 39.1 Å². The van der Waals surface area contributed by atoms with E-state index in [1.165, 1.54) is 36.3 Å². The molecule has 0 spiro atoms. The van der Waals surface area contributed by atoms with Crippen LogP contribution in [0.15, 0.2) is 133 Å². The van der Waals surface area contributed by atoms with Crippen molar-refractivity contribution in [2.24, 2.45) is 34.4 Å². The zero-order chi connectivity index (χ0) is 92.6. The van der Waals surface area contributed by atoms with Gasteiger partial charge in [-0.15, -0.1) is 0 Å². The molecule has 5 aromatic carbocycles. The van der Waals surface area contributed by atoms with Crippen molar-refractivity contribution in [3.63, 3.8) is 0 Å². The summed E-state index contributed by atoms with van der Waals surface area (Å²) in [6.45, 7) is 0.0638. The van der Waals surface area contributed by atoms with Crippen LogP contribution in [0.1, 0.15) is 96.0 Å². The fourth-order valence-electron chi connectivity index (χ4n) is 11.2. The lowest BCUT2D eigenvalue weighted by molar-refractivity contribution is -0.193. The van der Waals surface area contributed by atoms with Crippen molar-refractivity contribution in [1.29, 1.82) is 10.8 Å². The second kappa shape index (κ2) is 50.0. The molecule has 6 rings (SSSR count). The number of likely N-dealkylation sites (tertiary alicyclic amines) is 1. The maximum absolute atomic E-state index is 14.8. The highest BCUT2D eigenvalue weighted by atomic mass is 19.4. The summed E-state index contributed by atoms with van der Waals surface area (Å²) >= 11 is 0. The number of carbonyl (C=O) groups excluding carboxylic acids is 12.